The van der Waals surface area contributed by atoms with Gasteiger partial charge in [0, 0.05) is 33.6 Å². The summed E-state index contributed by atoms with van der Waals surface area (Å²) in [5.41, 5.74) is 1.49. The zero-order chi connectivity index (χ0) is 20.0. The molecule has 0 radical (unpaired) electrons. The van der Waals surface area contributed by atoms with Gasteiger partial charge in [-0.25, -0.2) is 8.42 Å². The third-order valence-electron chi connectivity index (χ3n) is 5.30. The minimum Gasteiger partial charge on any atom is -0.496 e. The van der Waals surface area contributed by atoms with Gasteiger partial charge >= 0.3 is 0 Å². The van der Waals surface area contributed by atoms with Gasteiger partial charge in [-0.15, -0.1) is 0 Å². The average Bonchev–Trinajstić information content (AvgIpc) is 3.17. The van der Waals surface area contributed by atoms with Gasteiger partial charge in [-0.2, -0.15) is 0 Å². The third-order valence-corrected chi connectivity index (χ3v) is 6.91. The van der Waals surface area contributed by atoms with Crippen molar-refractivity contribution in [3.63, 3.8) is 0 Å². The Morgan fingerprint density at radius 1 is 1.15 bits per heavy atom. The molecule has 0 spiro atoms. The predicted molar refractivity (Wildman–Crippen MR) is 106 cm³/mol. The van der Waals surface area contributed by atoms with Crippen LogP contribution in [0.2, 0.25) is 5.02 Å². The fourth-order valence-corrected chi connectivity index (χ4v) is 4.85. The normalized spacial score (nSPS) is 20.9. The summed E-state index contributed by atoms with van der Waals surface area (Å²) in [6.45, 7) is 4.09. The van der Waals surface area contributed by atoms with Gasteiger partial charge in [-0.05, 0) is 47.2 Å². The Hall–Kier alpha value is -1.56. The van der Waals surface area contributed by atoms with Gasteiger partial charge in [-0.1, -0.05) is 37.6 Å². The highest BCUT2D eigenvalue weighted by molar-refractivity contribution is 8.13. The Morgan fingerprint density at radius 2 is 1.78 bits per heavy atom. The van der Waals surface area contributed by atoms with Crippen molar-refractivity contribution in [3.8, 4) is 5.75 Å². The first-order valence-corrected chi connectivity index (χ1v) is 11.1. The SMILES string of the molecule is COc1ccc(Cl)cc1CC(=O)[C@@H]1[C@@H](c2ccc(S(=O)(=O)Cl)cc2)C1(C)C. The van der Waals surface area contributed by atoms with Crippen molar-refractivity contribution in [1.29, 1.82) is 0 Å². The van der Waals surface area contributed by atoms with E-state index in [2.05, 4.69) is 0 Å². The third kappa shape index (κ3) is 4.00. The van der Waals surface area contributed by atoms with E-state index in [-0.39, 0.29) is 34.4 Å². The molecule has 0 unspecified atom stereocenters. The number of halogens is 2. The lowest BCUT2D eigenvalue weighted by Crippen LogP contribution is -2.10. The molecule has 7 heteroatoms. The number of methoxy groups -OCH3 is 1. The highest BCUT2D eigenvalue weighted by Crippen LogP contribution is 2.65. The molecule has 0 saturated heterocycles. The van der Waals surface area contributed by atoms with Gasteiger partial charge in [0.15, 0.2) is 0 Å². The Kier molecular flexibility index (Phi) is 5.32. The van der Waals surface area contributed by atoms with Crippen molar-refractivity contribution < 1.29 is 17.9 Å². The van der Waals surface area contributed by atoms with Crippen LogP contribution in [-0.2, 0) is 20.3 Å². The molecule has 0 aromatic heterocycles. The van der Waals surface area contributed by atoms with Crippen LogP contribution in [0.5, 0.6) is 5.75 Å². The summed E-state index contributed by atoms with van der Waals surface area (Å²) >= 11 is 6.06. The molecule has 0 heterocycles. The summed E-state index contributed by atoms with van der Waals surface area (Å²) in [5.74, 6) is 0.626. The van der Waals surface area contributed by atoms with E-state index in [4.69, 9.17) is 27.0 Å². The topological polar surface area (TPSA) is 60.4 Å². The first-order chi connectivity index (χ1) is 12.6. The number of hydrogen-bond donors (Lipinski definition) is 0. The molecule has 1 aliphatic carbocycles. The van der Waals surface area contributed by atoms with Crippen LogP contribution in [0.25, 0.3) is 0 Å². The number of hydrogen-bond acceptors (Lipinski definition) is 4. The van der Waals surface area contributed by atoms with Crippen LogP contribution in [-0.4, -0.2) is 21.3 Å². The number of benzene rings is 2. The summed E-state index contributed by atoms with van der Waals surface area (Å²) < 4.78 is 28.1. The van der Waals surface area contributed by atoms with E-state index in [1.165, 1.54) is 12.1 Å². The molecule has 2 aromatic carbocycles. The molecule has 1 fully saturated rings. The lowest BCUT2D eigenvalue weighted by molar-refractivity contribution is -0.120. The second-order valence-corrected chi connectivity index (χ2v) is 10.4. The van der Waals surface area contributed by atoms with Crippen molar-refractivity contribution in [2.45, 2.75) is 31.1 Å². The zero-order valence-corrected chi connectivity index (χ0v) is 17.5. The highest BCUT2D eigenvalue weighted by atomic mass is 35.7. The van der Waals surface area contributed by atoms with Crippen molar-refractivity contribution in [3.05, 3.63) is 58.6 Å². The number of Topliss-reactive ketones (excluding diaryl/α,β-unsaturated/α-hetero) is 1. The second-order valence-electron chi connectivity index (χ2n) is 7.38. The summed E-state index contributed by atoms with van der Waals surface area (Å²) in [6.07, 6.45) is 0.239. The van der Waals surface area contributed by atoms with Gasteiger partial charge < -0.3 is 4.74 Å². The van der Waals surface area contributed by atoms with E-state index < -0.39 is 9.05 Å². The van der Waals surface area contributed by atoms with E-state index in [1.54, 1.807) is 37.4 Å². The minimum atomic E-state index is -3.76. The molecule has 0 amide bonds. The minimum absolute atomic E-state index is 0.0299. The van der Waals surface area contributed by atoms with E-state index in [9.17, 15) is 13.2 Å². The zero-order valence-electron chi connectivity index (χ0n) is 15.2. The largest absolute Gasteiger partial charge is 0.496 e. The second kappa shape index (κ2) is 7.12. The molecule has 144 valence electrons. The Labute approximate surface area is 168 Å². The average molecular weight is 427 g/mol. The van der Waals surface area contributed by atoms with Crippen LogP contribution in [0.15, 0.2) is 47.4 Å². The molecule has 1 saturated carbocycles. The Bertz CT molecular complexity index is 982. The van der Waals surface area contributed by atoms with Crippen LogP contribution < -0.4 is 4.74 Å². The fraction of sp³-hybridized carbons (Fsp3) is 0.350. The number of carbonyl (C=O) groups excluding carboxylic acids is 1. The molecule has 0 N–H and O–H groups in total. The summed E-state index contributed by atoms with van der Waals surface area (Å²) in [6, 6.07) is 11.7. The van der Waals surface area contributed by atoms with Gasteiger partial charge in [0.05, 0.1) is 12.0 Å². The molecule has 2 aromatic rings. The number of carbonyl (C=O) groups is 1. The van der Waals surface area contributed by atoms with Gasteiger partial charge in [-0.3, -0.25) is 4.79 Å². The van der Waals surface area contributed by atoms with E-state index >= 15 is 0 Å². The maximum atomic E-state index is 13.0. The molecule has 1 aliphatic rings. The standard InChI is InChI=1S/C20H20Cl2O4S/c1-20(2)18(12-4-7-15(8-5-12)27(22,24)25)19(20)16(23)11-13-10-14(21)6-9-17(13)26-3/h4-10,18-19H,11H2,1-3H3/t18-,19-/m1/s1. The van der Waals surface area contributed by atoms with Crippen molar-refractivity contribution in [1.82, 2.24) is 0 Å². The Balaban J connectivity index is 1.81. The molecular formula is C20H20Cl2O4S. The molecule has 27 heavy (non-hydrogen) atoms. The maximum Gasteiger partial charge on any atom is 0.261 e. The van der Waals surface area contributed by atoms with E-state index in [1.807, 2.05) is 13.8 Å². The highest BCUT2D eigenvalue weighted by Gasteiger charge is 2.61. The van der Waals surface area contributed by atoms with E-state index in [0.29, 0.717) is 10.8 Å². The van der Waals surface area contributed by atoms with Gasteiger partial charge in [0.25, 0.3) is 9.05 Å². The van der Waals surface area contributed by atoms with Crippen LogP contribution in [0.3, 0.4) is 0 Å². The van der Waals surface area contributed by atoms with Gasteiger partial charge in [0.1, 0.15) is 11.5 Å². The molecule has 0 aliphatic heterocycles. The first-order valence-electron chi connectivity index (χ1n) is 8.45. The smallest absolute Gasteiger partial charge is 0.261 e. The molecule has 2 atom stereocenters. The molecule has 3 rings (SSSR count). The van der Waals surface area contributed by atoms with Crippen LogP contribution in [0.1, 0.15) is 30.9 Å². The number of rotatable bonds is 6. The molecule has 0 bridgehead atoms. The predicted octanol–water partition coefficient (Wildman–Crippen LogP) is 4.83. The fourth-order valence-electron chi connectivity index (χ4n) is 3.88. The number of ketones is 1. The first kappa shape index (κ1) is 20.2. The van der Waals surface area contributed by atoms with Gasteiger partial charge in [0.2, 0.25) is 0 Å². The molecule has 4 nitrogen and oxygen atoms in total. The van der Waals surface area contributed by atoms with Crippen LogP contribution in [0.4, 0.5) is 0 Å². The monoisotopic (exact) mass is 426 g/mol. The maximum absolute atomic E-state index is 13.0. The summed E-state index contributed by atoms with van der Waals surface area (Å²) in [7, 11) is 3.17. The molecular weight excluding hydrogens is 407 g/mol. The summed E-state index contributed by atoms with van der Waals surface area (Å²) in [5, 5.41) is 0.558. The van der Waals surface area contributed by atoms with Crippen LogP contribution >= 0.6 is 22.3 Å². The lowest BCUT2D eigenvalue weighted by Gasteiger charge is -2.09. The van der Waals surface area contributed by atoms with Crippen molar-refractivity contribution in [2.75, 3.05) is 7.11 Å². The van der Waals surface area contributed by atoms with Crippen molar-refractivity contribution >= 4 is 37.1 Å². The Morgan fingerprint density at radius 3 is 2.33 bits per heavy atom. The van der Waals surface area contributed by atoms with E-state index in [0.717, 1.165) is 11.1 Å². The lowest BCUT2D eigenvalue weighted by atomic mass is 10.0. The number of ether oxygens (including phenoxy) is 1. The quantitative estimate of drug-likeness (QED) is 0.620. The summed E-state index contributed by atoms with van der Waals surface area (Å²) in [4.78, 5) is 13.0. The van der Waals surface area contributed by atoms with Crippen LogP contribution in [0, 0.1) is 11.3 Å². The van der Waals surface area contributed by atoms with Crippen molar-refractivity contribution in [2.24, 2.45) is 11.3 Å².